The fraction of sp³-hybridized carbons (Fsp3) is 0.311. The summed E-state index contributed by atoms with van der Waals surface area (Å²) in [4.78, 5) is 5.03. The molecule has 2 aliphatic rings. The van der Waals surface area contributed by atoms with Gasteiger partial charge in [-0.05, 0) is 121 Å². The first-order valence-corrected chi connectivity index (χ1v) is 23.7. The second-order valence-corrected chi connectivity index (χ2v) is 23.6. The highest BCUT2D eigenvalue weighted by Crippen LogP contribution is 2.50. The average molecular weight is 853 g/mol. The Morgan fingerprint density at radius 3 is 1.55 bits per heavy atom. The van der Waals surface area contributed by atoms with Crippen molar-refractivity contribution in [3.63, 3.8) is 0 Å². The van der Waals surface area contributed by atoms with Crippen molar-refractivity contribution in [2.75, 3.05) is 9.80 Å². The van der Waals surface area contributed by atoms with Gasteiger partial charge in [-0.3, -0.25) is 0 Å². The summed E-state index contributed by atoms with van der Waals surface area (Å²) in [5.74, 6) is 0. The van der Waals surface area contributed by atoms with Crippen LogP contribution in [0.25, 0.3) is 21.9 Å². The first-order valence-electron chi connectivity index (χ1n) is 23.7. The lowest BCUT2D eigenvalue weighted by molar-refractivity contribution is 0.588. The van der Waals surface area contributed by atoms with Crippen molar-refractivity contribution in [2.45, 2.75) is 124 Å². The van der Waals surface area contributed by atoms with Gasteiger partial charge in [-0.2, -0.15) is 0 Å². The monoisotopic (exact) mass is 853 g/mol. The molecule has 65 heavy (non-hydrogen) atoms. The van der Waals surface area contributed by atoms with Crippen molar-refractivity contribution in [1.82, 2.24) is 0 Å². The highest BCUT2D eigenvalue weighted by Gasteiger charge is 2.48. The van der Waals surface area contributed by atoms with Crippen LogP contribution in [0.5, 0.6) is 0 Å². The van der Waals surface area contributed by atoms with Gasteiger partial charge < -0.3 is 14.2 Å². The minimum absolute atomic E-state index is 0.0114. The van der Waals surface area contributed by atoms with Gasteiger partial charge in [0.15, 0.2) is 5.58 Å². The van der Waals surface area contributed by atoms with E-state index in [1.807, 2.05) is 0 Å². The topological polar surface area (TPSA) is 19.6 Å². The Balaban J connectivity index is 1.33. The zero-order valence-corrected chi connectivity index (χ0v) is 41.2. The van der Waals surface area contributed by atoms with Gasteiger partial charge in [0, 0.05) is 44.6 Å². The molecule has 328 valence electrons. The molecule has 0 aliphatic carbocycles. The fourth-order valence-electron chi connectivity index (χ4n) is 10.6. The molecule has 0 bridgehead atoms. The molecule has 10 rings (SSSR count). The minimum atomic E-state index is -0.317. The molecule has 3 heterocycles. The van der Waals surface area contributed by atoms with Gasteiger partial charge in [0.25, 0.3) is 0 Å². The maximum absolute atomic E-state index is 7.09. The molecular weight excluding hydrogens is 787 g/mol. The van der Waals surface area contributed by atoms with Crippen LogP contribution in [0.1, 0.15) is 130 Å². The smallest absolute Gasteiger partial charge is 0.247 e. The number of anilines is 6. The Labute approximate surface area is 388 Å². The molecule has 0 unspecified atom stereocenters. The molecule has 0 radical (unpaired) electrons. The first-order chi connectivity index (χ1) is 30.5. The van der Waals surface area contributed by atoms with Gasteiger partial charge in [-0.15, -0.1) is 0 Å². The quantitative estimate of drug-likeness (QED) is 0.164. The number of para-hydroxylation sites is 1. The number of hydrogen-bond donors (Lipinski definition) is 0. The lowest BCUT2D eigenvalue weighted by atomic mass is 9.30. The Kier molecular flexibility index (Phi) is 9.58. The molecule has 0 atom stereocenters. The van der Waals surface area contributed by atoms with Crippen LogP contribution < -0.4 is 26.2 Å². The van der Waals surface area contributed by atoms with E-state index in [1.54, 1.807) is 0 Å². The van der Waals surface area contributed by atoms with Gasteiger partial charge >= 0.3 is 0 Å². The van der Waals surface area contributed by atoms with E-state index in [0.29, 0.717) is 0 Å². The van der Waals surface area contributed by atoms with Crippen molar-refractivity contribution in [3.8, 4) is 0 Å². The van der Waals surface area contributed by atoms with Crippen molar-refractivity contribution >= 4 is 79.2 Å². The molecule has 1 aromatic heterocycles. The second kappa shape index (κ2) is 14.5. The van der Waals surface area contributed by atoms with E-state index < -0.39 is 0 Å². The number of furan rings is 1. The summed E-state index contributed by atoms with van der Waals surface area (Å²) in [7, 11) is 0. The van der Waals surface area contributed by atoms with Crippen LogP contribution in [0.15, 0.2) is 144 Å². The van der Waals surface area contributed by atoms with E-state index in [0.717, 1.165) is 50.4 Å². The zero-order chi connectivity index (χ0) is 46.2. The van der Waals surface area contributed by atoms with Crippen LogP contribution in [0.3, 0.4) is 0 Å². The fourth-order valence-corrected chi connectivity index (χ4v) is 10.6. The highest BCUT2D eigenvalue weighted by atomic mass is 16.3. The molecule has 0 saturated heterocycles. The van der Waals surface area contributed by atoms with Crippen molar-refractivity contribution in [1.29, 1.82) is 0 Å². The summed E-state index contributed by atoms with van der Waals surface area (Å²) in [6.45, 7) is 32.5. The third kappa shape index (κ3) is 7.02. The van der Waals surface area contributed by atoms with Crippen molar-refractivity contribution < 1.29 is 4.42 Å². The summed E-state index contributed by atoms with van der Waals surface area (Å²) >= 11 is 0. The molecule has 8 aromatic rings. The number of hydrogen-bond acceptors (Lipinski definition) is 3. The van der Waals surface area contributed by atoms with Crippen LogP contribution in [0.4, 0.5) is 34.1 Å². The number of nitrogens with zero attached hydrogens (tertiary/aromatic N) is 2. The van der Waals surface area contributed by atoms with Gasteiger partial charge in [-0.25, -0.2) is 0 Å². The maximum Gasteiger partial charge on any atom is 0.247 e. The largest absolute Gasteiger partial charge is 0.454 e. The summed E-state index contributed by atoms with van der Waals surface area (Å²) in [6, 6.07) is 53.4. The predicted molar refractivity (Wildman–Crippen MR) is 281 cm³/mol. The summed E-state index contributed by atoms with van der Waals surface area (Å²) in [6.07, 6.45) is 0. The van der Waals surface area contributed by atoms with Crippen LogP contribution in [0, 0.1) is 0 Å². The third-order valence-corrected chi connectivity index (χ3v) is 14.6. The molecule has 0 spiro atoms. The van der Waals surface area contributed by atoms with Crippen LogP contribution in [0.2, 0.25) is 0 Å². The molecule has 0 amide bonds. The third-order valence-electron chi connectivity index (χ3n) is 14.6. The molecule has 4 heteroatoms. The molecule has 0 N–H and O–H groups in total. The van der Waals surface area contributed by atoms with E-state index in [4.69, 9.17) is 4.42 Å². The number of fused-ring (bicyclic) bond motifs is 8. The van der Waals surface area contributed by atoms with Gasteiger partial charge in [0.1, 0.15) is 5.58 Å². The van der Waals surface area contributed by atoms with Crippen LogP contribution in [-0.2, 0) is 27.1 Å². The van der Waals surface area contributed by atoms with Crippen LogP contribution >= 0.6 is 0 Å². The van der Waals surface area contributed by atoms with E-state index in [9.17, 15) is 0 Å². The normalized spacial score (nSPS) is 14.7. The van der Waals surface area contributed by atoms with Gasteiger partial charge in [0.05, 0.1) is 5.69 Å². The predicted octanol–water partition coefficient (Wildman–Crippen LogP) is 15.2. The Morgan fingerprint density at radius 2 is 1.00 bits per heavy atom. The average Bonchev–Trinajstić information content (AvgIpc) is 3.63. The van der Waals surface area contributed by atoms with E-state index >= 15 is 0 Å². The second-order valence-electron chi connectivity index (χ2n) is 23.6. The molecular formula is C61H65BN2O. The SMILES string of the molecule is CC(C)(C)c1ccc(N(c2ccc(C(C)(C)C)cc2)c2cc3c4c(c2)C(C)(C)c2ccc(C(C)(C)C)cc2B4c2ccc4c(oc5ccccc54)c2N3c2ccc(C(C)(C)C)cc2)cc1. The Hall–Kier alpha value is -6.00. The van der Waals surface area contributed by atoms with Crippen molar-refractivity contribution in [2.24, 2.45) is 0 Å². The standard InChI is InChI=1S/C61H65BN2O/c1-57(2,3)38-19-26-42(27-20-38)63(43-28-21-39(22-29-43)58(4,5)6)45-36-49-54-52(37-45)64(44-30-23-40(24-31-44)59(7,8)9)55-50(34-32-47-46-17-15-16-18-53(46)65-56(47)55)62(54)51-35-41(60(10,11)12)25-33-48(51)61(49,13)14/h15-37H,1-14H3. The van der Waals surface area contributed by atoms with E-state index in [-0.39, 0.29) is 33.8 Å². The molecule has 2 aliphatic heterocycles. The maximum atomic E-state index is 7.09. The summed E-state index contributed by atoms with van der Waals surface area (Å²) in [5.41, 5.74) is 20.4. The molecule has 7 aromatic carbocycles. The minimum Gasteiger partial charge on any atom is -0.454 e. The van der Waals surface area contributed by atoms with Gasteiger partial charge in [0.2, 0.25) is 6.71 Å². The molecule has 3 nitrogen and oxygen atoms in total. The number of rotatable bonds is 4. The van der Waals surface area contributed by atoms with Crippen LogP contribution in [-0.4, -0.2) is 6.71 Å². The van der Waals surface area contributed by atoms with E-state index in [1.165, 1.54) is 55.5 Å². The van der Waals surface area contributed by atoms with Gasteiger partial charge in [-0.1, -0.05) is 187 Å². The first kappa shape index (κ1) is 42.9. The lowest BCUT2D eigenvalue weighted by Crippen LogP contribution is -2.64. The Bertz CT molecular complexity index is 3080. The summed E-state index contributed by atoms with van der Waals surface area (Å²) in [5, 5.41) is 2.27. The molecule has 0 saturated carbocycles. The molecule has 0 fully saturated rings. The van der Waals surface area contributed by atoms with Crippen molar-refractivity contribution in [3.05, 3.63) is 173 Å². The number of benzene rings is 7. The zero-order valence-electron chi connectivity index (χ0n) is 41.2. The highest BCUT2D eigenvalue weighted by molar-refractivity contribution is 6.99. The Morgan fingerprint density at radius 1 is 0.477 bits per heavy atom. The lowest BCUT2D eigenvalue weighted by Gasteiger charge is -2.46. The van der Waals surface area contributed by atoms with E-state index in [2.05, 4.69) is 246 Å². The summed E-state index contributed by atoms with van der Waals surface area (Å²) < 4.78 is 7.09.